The van der Waals surface area contributed by atoms with Crippen LogP contribution in [0.1, 0.15) is 137 Å². The quantitative estimate of drug-likeness (QED) is 0.0831. The summed E-state index contributed by atoms with van der Waals surface area (Å²) in [5.74, 6) is 0.184. The van der Waals surface area contributed by atoms with Gasteiger partial charge in [0, 0.05) is 31.4 Å². The molecule has 0 fully saturated rings. The number of ketones is 2. The van der Waals surface area contributed by atoms with E-state index in [0.29, 0.717) is 65.4 Å². The first-order valence-corrected chi connectivity index (χ1v) is 16.9. The summed E-state index contributed by atoms with van der Waals surface area (Å²) >= 11 is 0. The number of rotatable bonds is 32. The molecule has 0 saturated carbocycles. The van der Waals surface area contributed by atoms with Crippen molar-refractivity contribution in [2.45, 2.75) is 137 Å². The van der Waals surface area contributed by atoms with Crippen molar-refractivity contribution in [3.05, 3.63) is 0 Å². The van der Waals surface area contributed by atoms with Gasteiger partial charge in [-0.05, 0) is 12.8 Å². The molecule has 42 heavy (non-hydrogen) atoms. The lowest BCUT2D eigenvalue weighted by Crippen LogP contribution is -2.27. The van der Waals surface area contributed by atoms with Gasteiger partial charge in [-0.15, -0.1) is 0 Å². The predicted molar refractivity (Wildman–Crippen MR) is 170 cm³/mol. The van der Waals surface area contributed by atoms with E-state index in [-0.39, 0.29) is 30.7 Å². The minimum atomic E-state index is -0.391. The Bertz CT molecular complexity index is 648. The van der Waals surface area contributed by atoms with Crippen LogP contribution in [0.4, 0.5) is 0 Å². The van der Waals surface area contributed by atoms with Gasteiger partial charge in [-0.25, -0.2) is 0 Å². The minimum absolute atomic E-state index is 0.0291. The van der Waals surface area contributed by atoms with Crippen LogP contribution in [-0.2, 0) is 33.3 Å². The van der Waals surface area contributed by atoms with Crippen LogP contribution < -0.4 is 5.32 Å². The van der Waals surface area contributed by atoms with Gasteiger partial charge in [0.05, 0.1) is 33.0 Å². The van der Waals surface area contributed by atoms with Crippen molar-refractivity contribution in [1.82, 2.24) is 5.32 Å². The number of nitrogens with one attached hydrogen (secondary N) is 1. The van der Waals surface area contributed by atoms with Gasteiger partial charge >= 0.3 is 0 Å². The molecule has 0 rings (SSSR count). The van der Waals surface area contributed by atoms with Gasteiger partial charge in [0.15, 0.2) is 11.6 Å². The van der Waals surface area contributed by atoms with Crippen LogP contribution in [0, 0.1) is 5.41 Å². The van der Waals surface area contributed by atoms with Gasteiger partial charge in [0.2, 0.25) is 5.91 Å². The summed E-state index contributed by atoms with van der Waals surface area (Å²) in [6, 6.07) is 0. The van der Waals surface area contributed by atoms with Crippen molar-refractivity contribution in [3.8, 4) is 0 Å². The third kappa shape index (κ3) is 30.1. The molecule has 0 aliphatic rings. The summed E-state index contributed by atoms with van der Waals surface area (Å²) in [6.45, 7) is 10.9. The van der Waals surface area contributed by atoms with Crippen LogP contribution in [0.5, 0.6) is 0 Å². The maximum absolute atomic E-state index is 11.9. The summed E-state index contributed by atoms with van der Waals surface area (Å²) in [4.78, 5) is 35.6. The van der Waals surface area contributed by atoms with E-state index in [9.17, 15) is 14.4 Å². The number of ether oxygens (including phenoxy) is 4. The van der Waals surface area contributed by atoms with Crippen LogP contribution in [0.3, 0.4) is 0 Å². The van der Waals surface area contributed by atoms with Crippen molar-refractivity contribution in [2.24, 2.45) is 5.41 Å². The maximum Gasteiger partial charge on any atom is 0.220 e. The Labute approximate surface area is 257 Å². The number of amides is 1. The Morgan fingerprint density at radius 3 is 1.55 bits per heavy atom. The molecule has 0 radical (unpaired) electrons. The standard InChI is InChI=1S/C34H65NO7/c1-5-6-7-8-9-10-11-12-13-14-15-16-17-18-21-33(38)35-22-24-40-26-27-41-29-31(36)20-19-23-39-25-28-42-30-32(37)34(2,3)4/h5-30H2,1-4H3,(H,35,38). The van der Waals surface area contributed by atoms with Crippen LogP contribution in [-0.4, -0.2) is 76.9 Å². The Morgan fingerprint density at radius 1 is 0.524 bits per heavy atom. The largest absolute Gasteiger partial charge is 0.379 e. The first-order valence-electron chi connectivity index (χ1n) is 16.9. The first kappa shape index (κ1) is 40.6. The normalized spacial score (nSPS) is 11.6. The SMILES string of the molecule is CCCCCCCCCCCCCCCCC(=O)NCCOCCOCC(=O)CCCOCCOCC(=O)C(C)(C)C. The smallest absolute Gasteiger partial charge is 0.220 e. The highest BCUT2D eigenvalue weighted by atomic mass is 16.5. The molecular formula is C34H65NO7. The molecule has 0 aliphatic carbocycles. The highest BCUT2D eigenvalue weighted by Gasteiger charge is 2.20. The van der Waals surface area contributed by atoms with E-state index in [0.717, 1.165) is 12.8 Å². The average Bonchev–Trinajstić information content (AvgIpc) is 2.95. The molecule has 0 unspecified atom stereocenters. The van der Waals surface area contributed by atoms with Crippen molar-refractivity contribution in [1.29, 1.82) is 0 Å². The molecule has 8 heteroatoms. The van der Waals surface area contributed by atoms with Crippen molar-refractivity contribution in [2.75, 3.05) is 59.4 Å². The molecular weight excluding hydrogens is 534 g/mol. The fourth-order valence-corrected chi connectivity index (χ4v) is 4.28. The Hall–Kier alpha value is -1.35. The summed E-state index contributed by atoms with van der Waals surface area (Å²) < 4.78 is 21.6. The average molecular weight is 600 g/mol. The molecule has 0 heterocycles. The van der Waals surface area contributed by atoms with E-state index >= 15 is 0 Å². The van der Waals surface area contributed by atoms with Gasteiger partial charge in [-0.1, -0.05) is 111 Å². The Morgan fingerprint density at radius 2 is 1.00 bits per heavy atom. The molecule has 1 N–H and O–H groups in total. The van der Waals surface area contributed by atoms with Crippen molar-refractivity contribution >= 4 is 17.5 Å². The van der Waals surface area contributed by atoms with Gasteiger partial charge in [0.1, 0.15) is 13.2 Å². The highest BCUT2D eigenvalue weighted by molar-refractivity contribution is 5.84. The minimum Gasteiger partial charge on any atom is -0.379 e. The molecule has 0 aromatic heterocycles. The molecule has 1 amide bonds. The topological polar surface area (TPSA) is 100 Å². The summed E-state index contributed by atoms with van der Waals surface area (Å²) in [5.41, 5.74) is -0.391. The molecule has 0 spiro atoms. The zero-order valence-corrected chi connectivity index (χ0v) is 27.7. The zero-order valence-electron chi connectivity index (χ0n) is 27.7. The lowest BCUT2D eigenvalue weighted by atomic mass is 9.91. The van der Waals surface area contributed by atoms with Gasteiger partial charge in [-0.2, -0.15) is 0 Å². The van der Waals surface area contributed by atoms with Crippen LogP contribution >= 0.6 is 0 Å². The molecule has 0 bridgehead atoms. The van der Waals surface area contributed by atoms with E-state index in [4.69, 9.17) is 18.9 Å². The zero-order chi connectivity index (χ0) is 31.2. The van der Waals surface area contributed by atoms with Crippen LogP contribution in [0.15, 0.2) is 0 Å². The van der Waals surface area contributed by atoms with E-state index in [2.05, 4.69) is 12.2 Å². The summed E-state index contributed by atoms with van der Waals surface area (Å²) in [6.07, 6.45) is 20.0. The van der Waals surface area contributed by atoms with E-state index in [1.807, 2.05) is 20.8 Å². The number of hydrogen-bond acceptors (Lipinski definition) is 7. The molecule has 8 nitrogen and oxygen atoms in total. The second-order valence-electron chi connectivity index (χ2n) is 12.3. The van der Waals surface area contributed by atoms with Crippen LogP contribution in [0.2, 0.25) is 0 Å². The number of hydrogen-bond donors (Lipinski definition) is 1. The molecule has 0 aromatic rings. The predicted octanol–water partition coefficient (Wildman–Crippen LogP) is 7.00. The lowest BCUT2D eigenvalue weighted by Gasteiger charge is -2.16. The Kier molecular flexibility index (Phi) is 28.8. The Balaban J connectivity index is 3.31. The monoisotopic (exact) mass is 599 g/mol. The van der Waals surface area contributed by atoms with E-state index in [1.54, 1.807) is 0 Å². The van der Waals surface area contributed by atoms with E-state index in [1.165, 1.54) is 77.0 Å². The number of Topliss-reactive ketones (excluding diaryl/α,β-unsaturated/α-hetero) is 2. The molecule has 248 valence electrons. The highest BCUT2D eigenvalue weighted by Crippen LogP contribution is 2.14. The third-order valence-corrected chi connectivity index (χ3v) is 7.15. The number of carbonyl (C=O) groups excluding carboxylic acids is 3. The molecule has 0 aromatic carbocycles. The third-order valence-electron chi connectivity index (χ3n) is 7.15. The van der Waals surface area contributed by atoms with E-state index < -0.39 is 5.41 Å². The van der Waals surface area contributed by atoms with Crippen molar-refractivity contribution < 1.29 is 33.3 Å². The number of unbranched alkanes of at least 4 members (excludes halogenated alkanes) is 13. The number of carbonyl (C=O) groups is 3. The molecule has 0 atom stereocenters. The maximum atomic E-state index is 11.9. The van der Waals surface area contributed by atoms with Crippen molar-refractivity contribution in [3.63, 3.8) is 0 Å². The fraction of sp³-hybridized carbons (Fsp3) is 0.912. The molecule has 0 aliphatic heterocycles. The van der Waals surface area contributed by atoms with Gasteiger partial charge in [-0.3, -0.25) is 14.4 Å². The second kappa shape index (κ2) is 29.7. The first-order chi connectivity index (χ1) is 20.3. The van der Waals surface area contributed by atoms with Crippen LogP contribution in [0.25, 0.3) is 0 Å². The second-order valence-corrected chi connectivity index (χ2v) is 12.3. The fourth-order valence-electron chi connectivity index (χ4n) is 4.28. The lowest BCUT2D eigenvalue weighted by molar-refractivity contribution is -0.131. The summed E-state index contributed by atoms with van der Waals surface area (Å²) in [7, 11) is 0. The summed E-state index contributed by atoms with van der Waals surface area (Å²) in [5, 5.41) is 2.90. The van der Waals surface area contributed by atoms with Gasteiger partial charge in [0.25, 0.3) is 0 Å². The van der Waals surface area contributed by atoms with Gasteiger partial charge < -0.3 is 24.3 Å². The molecule has 0 saturated heterocycles.